The molecule has 2 aliphatic heterocycles. The van der Waals surface area contributed by atoms with Gasteiger partial charge < -0.3 is 14.4 Å². The highest BCUT2D eigenvalue weighted by Gasteiger charge is 2.24. The zero-order chi connectivity index (χ0) is 17.5. The molecule has 2 heterocycles. The van der Waals surface area contributed by atoms with Crippen LogP contribution in [0.1, 0.15) is 24.0 Å². The van der Waals surface area contributed by atoms with Crippen LogP contribution in [0.3, 0.4) is 0 Å². The second-order valence-corrected chi connectivity index (χ2v) is 7.08. The Morgan fingerprint density at radius 1 is 1.12 bits per heavy atom. The summed E-state index contributed by atoms with van der Waals surface area (Å²) in [6, 6.07) is 8.46. The first-order valence-electron chi connectivity index (χ1n) is 9.46. The van der Waals surface area contributed by atoms with Gasteiger partial charge in [0.25, 0.3) is 0 Å². The van der Waals surface area contributed by atoms with Gasteiger partial charge >= 0.3 is 0 Å². The van der Waals surface area contributed by atoms with Crippen molar-refractivity contribution in [3.05, 3.63) is 35.4 Å². The van der Waals surface area contributed by atoms with Crippen molar-refractivity contribution in [3.63, 3.8) is 0 Å². The Labute approximate surface area is 150 Å². The maximum absolute atomic E-state index is 12.7. The lowest BCUT2D eigenvalue weighted by Gasteiger charge is -2.31. The van der Waals surface area contributed by atoms with Crippen LogP contribution in [0, 0.1) is 6.92 Å². The highest BCUT2D eigenvalue weighted by molar-refractivity contribution is 5.76. The predicted molar refractivity (Wildman–Crippen MR) is 97.7 cm³/mol. The van der Waals surface area contributed by atoms with Gasteiger partial charge in [-0.05, 0) is 25.3 Å². The van der Waals surface area contributed by atoms with Crippen LogP contribution in [0.5, 0.6) is 0 Å². The molecule has 0 spiro atoms. The Bertz CT molecular complexity index is 540. The van der Waals surface area contributed by atoms with Gasteiger partial charge in [-0.2, -0.15) is 0 Å². The molecule has 1 amide bonds. The number of rotatable bonds is 5. The normalized spacial score (nSPS) is 22.6. The summed E-state index contributed by atoms with van der Waals surface area (Å²) in [7, 11) is 0. The highest BCUT2D eigenvalue weighted by Crippen LogP contribution is 2.12. The van der Waals surface area contributed by atoms with Gasteiger partial charge in [-0.3, -0.25) is 9.69 Å². The van der Waals surface area contributed by atoms with E-state index in [1.807, 2.05) is 4.90 Å². The lowest BCUT2D eigenvalue weighted by atomic mass is 10.1. The molecule has 5 nitrogen and oxygen atoms in total. The molecule has 5 heteroatoms. The first-order valence-corrected chi connectivity index (χ1v) is 9.46. The molecule has 0 radical (unpaired) electrons. The van der Waals surface area contributed by atoms with Crippen LogP contribution >= 0.6 is 0 Å². The number of benzene rings is 1. The molecule has 1 aromatic rings. The van der Waals surface area contributed by atoms with Gasteiger partial charge in [0.15, 0.2) is 0 Å². The van der Waals surface area contributed by atoms with Crippen LogP contribution in [0.25, 0.3) is 0 Å². The first-order chi connectivity index (χ1) is 12.2. The Kier molecular flexibility index (Phi) is 6.84. The monoisotopic (exact) mass is 346 g/mol. The second kappa shape index (κ2) is 9.32. The highest BCUT2D eigenvalue weighted by atomic mass is 16.5. The standard InChI is InChI=1S/C20H30N2O3/c1-17-3-5-18(6-4-17)7-8-20(23)22-9-2-12-25-19(16-22)15-21-10-13-24-14-11-21/h3-6,19H,2,7-16H2,1H3/t19-/m1/s1. The van der Waals surface area contributed by atoms with Crippen LogP contribution in [0.2, 0.25) is 0 Å². The Morgan fingerprint density at radius 2 is 1.88 bits per heavy atom. The average molecular weight is 346 g/mol. The van der Waals surface area contributed by atoms with Gasteiger partial charge in [0, 0.05) is 45.8 Å². The van der Waals surface area contributed by atoms with Crippen LogP contribution in [-0.2, 0) is 20.7 Å². The van der Waals surface area contributed by atoms with Crippen molar-refractivity contribution in [2.45, 2.75) is 32.3 Å². The summed E-state index contributed by atoms with van der Waals surface area (Å²) in [5.74, 6) is 0.248. The van der Waals surface area contributed by atoms with Crippen molar-refractivity contribution in [1.29, 1.82) is 0 Å². The third-order valence-corrected chi connectivity index (χ3v) is 5.02. The van der Waals surface area contributed by atoms with E-state index in [4.69, 9.17) is 9.47 Å². The van der Waals surface area contributed by atoms with Crippen molar-refractivity contribution < 1.29 is 14.3 Å². The lowest BCUT2D eigenvalue weighted by molar-refractivity contribution is -0.132. The molecule has 1 aromatic carbocycles. The van der Waals surface area contributed by atoms with Gasteiger partial charge in [0.05, 0.1) is 19.3 Å². The molecule has 0 saturated carbocycles. The Hall–Kier alpha value is -1.43. The van der Waals surface area contributed by atoms with Crippen molar-refractivity contribution in [2.24, 2.45) is 0 Å². The number of carbonyl (C=O) groups is 1. The van der Waals surface area contributed by atoms with E-state index in [0.29, 0.717) is 13.0 Å². The summed E-state index contributed by atoms with van der Waals surface area (Å²) in [6.45, 7) is 8.76. The molecule has 0 N–H and O–H groups in total. The molecular weight excluding hydrogens is 316 g/mol. The van der Waals surface area contributed by atoms with Crippen molar-refractivity contribution in [3.8, 4) is 0 Å². The molecule has 25 heavy (non-hydrogen) atoms. The summed E-state index contributed by atoms with van der Waals surface area (Å²) in [6.07, 6.45) is 2.43. The van der Waals surface area contributed by atoms with Gasteiger partial charge in [0.2, 0.25) is 5.91 Å². The van der Waals surface area contributed by atoms with E-state index < -0.39 is 0 Å². The molecule has 0 aliphatic carbocycles. The summed E-state index contributed by atoms with van der Waals surface area (Å²) in [5, 5.41) is 0. The fraction of sp³-hybridized carbons (Fsp3) is 0.650. The first kappa shape index (κ1) is 18.4. The summed E-state index contributed by atoms with van der Waals surface area (Å²) >= 11 is 0. The zero-order valence-corrected chi connectivity index (χ0v) is 15.3. The smallest absolute Gasteiger partial charge is 0.222 e. The van der Waals surface area contributed by atoms with E-state index >= 15 is 0 Å². The van der Waals surface area contributed by atoms with Crippen LogP contribution in [0.4, 0.5) is 0 Å². The maximum Gasteiger partial charge on any atom is 0.222 e. The average Bonchev–Trinajstić information content (AvgIpc) is 2.87. The van der Waals surface area contributed by atoms with E-state index in [-0.39, 0.29) is 12.0 Å². The van der Waals surface area contributed by atoms with Gasteiger partial charge in [-0.15, -0.1) is 0 Å². The lowest BCUT2D eigenvalue weighted by Crippen LogP contribution is -2.45. The van der Waals surface area contributed by atoms with Gasteiger partial charge in [-0.1, -0.05) is 29.8 Å². The van der Waals surface area contributed by atoms with Crippen LogP contribution in [-0.4, -0.2) is 74.4 Å². The number of ether oxygens (including phenoxy) is 2. The molecule has 2 saturated heterocycles. The molecule has 138 valence electrons. The largest absolute Gasteiger partial charge is 0.379 e. The van der Waals surface area contributed by atoms with Crippen molar-refractivity contribution in [2.75, 3.05) is 52.5 Å². The number of hydrogen-bond donors (Lipinski definition) is 0. The molecule has 2 aliphatic rings. The van der Waals surface area contributed by atoms with E-state index in [9.17, 15) is 4.79 Å². The second-order valence-electron chi connectivity index (χ2n) is 7.08. The van der Waals surface area contributed by atoms with Gasteiger partial charge in [-0.25, -0.2) is 0 Å². The zero-order valence-electron chi connectivity index (χ0n) is 15.3. The van der Waals surface area contributed by atoms with E-state index in [0.717, 1.165) is 58.8 Å². The number of morpholine rings is 1. The topological polar surface area (TPSA) is 42.0 Å². The van der Waals surface area contributed by atoms with Crippen molar-refractivity contribution >= 4 is 5.91 Å². The fourth-order valence-corrected chi connectivity index (χ4v) is 3.47. The van der Waals surface area contributed by atoms with E-state index in [2.05, 4.69) is 36.1 Å². The molecule has 3 rings (SSSR count). The molecule has 0 aromatic heterocycles. The maximum atomic E-state index is 12.7. The molecular formula is C20H30N2O3. The molecule has 0 unspecified atom stereocenters. The van der Waals surface area contributed by atoms with E-state index in [1.165, 1.54) is 11.1 Å². The number of aryl methyl sites for hydroxylation is 2. The Balaban J connectivity index is 1.49. The SMILES string of the molecule is Cc1ccc(CCC(=O)N2CCCO[C@H](CN3CCOCC3)C2)cc1. The number of amides is 1. The molecule has 1 atom stereocenters. The minimum Gasteiger partial charge on any atom is -0.379 e. The summed E-state index contributed by atoms with van der Waals surface area (Å²) in [5.41, 5.74) is 2.49. The number of nitrogens with zero attached hydrogens (tertiary/aromatic N) is 2. The third kappa shape index (κ3) is 5.80. The molecule has 2 fully saturated rings. The van der Waals surface area contributed by atoms with E-state index in [1.54, 1.807) is 0 Å². The fourth-order valence-electron chi connectivity index (χ4n) is 3.47. The minimum atomic E-state index is 0.115. The van der Waals surface area contributed by atoms with Crippen LogP contribution in [0.15, 0.2) is 24.3 Å². The Morgan fingerprint density at radius 3 is 2.64 bits per heavy atom. The minimum absolute atomic E-state index is 0.115. The number of carbonyl (C=O) groups excluding carboxylic acids is 1. The summed E-state index contributed by atoms with van der Waals surface area (Å²) < 4.78 is 11.4. The van der Waals surface area contributed by atoms with Crippen LogP contribution < -0.4 is 0 Å². The number of hydrogen-bond acceptors (Lipinski definition) is 4. The third-order valence-electron chi connectivity index (χ3n) is 5.02. The van der Waals surface area contributed by atoms with Gasteiger partial charge in [0.1, 0.15) is 0 Å². The molecule has 0 bridgehead atoms. The summed E-state index contributed by atoms with van der Waals surface area (Å²) in [4.78, 5) is 17.1. The quantitative estimate of drug-likeness (QED) is 0.816. The predicted octanol–water partition coefficient (Wildman–Crippen LogP) is 1.88. The van der Waals surface area contributed by atoms with Crippen molar-refractivity contribution in [1.82, 2.24) is 9.80 Å².